The summed E-state index contributed by atoms with van der Waals surface area (Å²) >= 11 is 12.2. The Morgan fingerprint density at radius 2 is 1.61 bits per heavy atom. The van der Waals surface area contributed by atoms with Crippen LogP contribution in [0.15, 0.2) is 60.7 Å². The highest BCUT2D eigenvalue weighted by molar-refractivity contribution is 6.40. The largest absolute Gasteiger partial charge is 0.452 e. The highest BCUT2D eigenvalue weighted by Gasteiger charge is 2.38. The second-order valence-electron chi connectivity index (χ2n) is 7.19. The van der Waals surface area contributed by atoms with E-state index in [1.165, 1.54) is 18.2 Å². The lowest BCUT2D eigenvalue weighted by molar-refractivity contribution is -0.119. The molecule has 0 saturated carbocycles. The molecular formula is C24H16Cl2N2O5. The predicted octanol–water partition coefficient (Wildman–Crippen LogP) is 4.90. The Morgan fingerprint density at radius 3 is 2.36 bits per heavy atom. The number of carbonyl (C=O) groups excluding carboxylic acids is 4. The van der Waals surface area contributed by atoms with Crippen molar-refractivity contribution < 1.29 is 23.9 Å². The lowest BCUT2D eigenvalue weighted by Crippen LogP contribution is -2.29. The van der Waals surface area contributed by atoms with E-state index in [-0.39, 0.29) is 27.4 Å². The van der Waals surface area contributed by atoms with E-state index in [4.69, 9.17) is 27.9 Å². The molecule has 0 aromatic heterocycles. The molecule has 0 unspecified atom stereocenters. The predicted molar refractivity (Wildman–Crippen MR) is 124 cm³/mol. The monoisotopic (exact) mass is 482 g/mol. The molecule has 3 aromatic rings. The summed E-state index contributed by atoms with van der Waals surface area (Å²) in [4.78, 5) is 51.2. The highest BCUT2D eigenvalue weighted by Crippen LogP contribution is 2.33. The molecule has 1 aliphatic rings. The maximum Gasteiger partial charge on any atom is 0.338 e. The van der Waals surface area contributed by atoms with Crippen LogP contribution in [0.5, 0.6) is 0 Å². The fourth-order valence-corrected chi connectivity index (χ4v) is 3.76. The summed E-state index contributed by atoms with van der Waals surface area (Å²) in [6, 6.07) is 15.5. The van der Waals surface area contributed by atoms with Crippen molar-refractivity contribution in [3.8, 4) is 0 Å². The first-order valence-corrected chi connectivity index (χ1v) is 10.5. The molecule has 0 atom stereocenters. The van der Waals surface area contributed by atoms with Gasteiger partial charge in [-0.25, -0.2) is 9.69 Å². The molecule has 3 aromatic carbocycles. The maximum absolute atomic E-state index is 12.9. The van der Waals surface area contributed by atoms with Gasteiger partial charge in [0.15, 0.2) is 6.61 Å². The molecule has 0 bridgehead atoms. The number of hydrogen-bond acceptors (Lipinski definition) is 5. The lowest BCUT2D eigenvalue weighted by atomic mass is 10.1. The molecule has 0 radical (unpaired) electrons. The van der Waals surface area contributed by atoms with Crippen LogP contribution in [0, 0.1) is 6.92 Å². The van der Waals surface area contributed by atoms with Crippen molar-refractivity contribution >= 4 is 58.3 Å². The number of rotatable bonds is 5. The zero-order valence-corrected chi connectivity index (χ0v) is 18.7. The number of benzene rings is 3. The Morgan fingerprint density at radius 1 is 0.909 bits per heavy atom. The number of nitrogens with zero attached hydrogens (tertiary/aromatic N) is 1. The lowest BCUT2D eigenvalue weighted by Gasteiger charge is -2.15. The molecule has 1 heterocycles. The molecule has 0 fully saturated rings. The normalized spacial score (nSPS) is 12.5. The number of ether oxygens (including phenoxy) is 1. The summed E-state index contributed by atoms with van der Waals surface area (Å²) in [6.45, 7) is 1.21. The van der Waals surface area contributed by atoms with Crippen LogP contribution in [0.2, 0.25) is 10.0 Å². The van der Waals surface area contributed by atoms with Crippen LogP contribution in [0.3, 0.4) is 0 Å². The quantitative estimate of drug-likeness (QED) is 0.412. The van der Waals surface area contributed by atoms with E-state index in [1.807, 2.05) is 0 Å². The third kappa shape index (κ3) is 4.33. The van der Waals surface area contributed by atoms with Gasteiger partial charge in [-0.2, -0.15) is 0 Å². The smallest absolute Gasteiger partial charge is 0.338 e. The molecule has 33 heavy (non-hydrogen) atoms. The Balaban J connectivity index is 1.46. The van der Waals surface area contributed by atoms with Crippen LogP contribution >= 0.6 is 23.2 Å². The Kier molecular flexibility index (Phi) is 6.18. The van der Waals surface area contributed by atoms with E-state index >= 15 is 0 Å². The van der Waals surface area contributed by atoms with Crippen molar-refractivity contribution in [3.63, 3.8) is 0 Å². The summed E-state index contributed by atoms with van der Waals surface area (Å²) in [6.07, 6.45) is 0. The van der Waals surface area contributed by atoms with Crippen LogP contribution in [-0.2, 0) is 9.53 Å². The van der Waals surface area contributed by atoms with Crippen LogP contribution < -0.4 is 10.2 Å². The van der Waals surface area contributed by atoms with Gasteiger partial charge < -0.3 is 10.1 Å². The zero-order valence-electron chi connectivity index (χ0n) is 17.2. The molecule has 0 spiro atoms. The average Bonchev–Trinajstić information content (AvgIpc) is 3.05. The van der Waals surface area contributed by atoms with Crippen LogP contribution in [0.4, 0.5) is 11.4 Å². The second kappa shape index (κ2) is 9.05. The first kappa shape index (κ1) is 22.5. The van der Waals surface area contributed by atoms with Crippen LogP contribution in [0.25, 0.3) is 0 Å². The molecule has 0 saturated heterocycles. The highest BCUT2D eigenvalue weighted by atomic mass is 35.5. The van der Waals surface area contributed by atoms with Gasteiger partial charge in [-0.1, -0.05) is 41.4 Å². The minimum absolute atomic E-state index is 0.0302. The summed E-state index contributed by atoms with van der Waals surface area (Å²) in [5, 5.41) is 3.36. The van der Waals surface area contributed by atoms with Gasteiger partial charge in [0.1, 0.15) is 0 Å². The van der Waals surface area contributed by atoms with E-state index in [2.05, 4.69) is 5.32 Å². The molecule has 166 valence electrons. The average molecular weight is 483 g/mol. The Bertz CT molecular complexity index is 1320. The topological polar surface area (TPSA) is 92.8 Å². The summed E-state index contributed by atoms with van der Waals surface area (Å²) in [5.41, 5.74) is 1.66. The van der Waals surface area contributed by atoms with Gasteiger partial charge in [0.2, 0.25) is 0 Å². The van der Waals surface area contributed by atoms with Gasteiger partial charge in [0, 0.05) is 10.7 Å². The van der Waals surface area contributed by atoms with Crippen molar-refractivity contribution in [1.29, 1.82) is 0 Å². The molecule has 3 amide bonds. The number of anilines is 2. The number of halogens is 2. The van der Waals surface area contributed by atoms with Crippen molar-refractivity contribution in [2.75, 3.05) is 16.8 Å². The number of esters is 1. The first-order valence-electron chi connectivity index (χ1n) is 9.77. The number of carbonyl (C=O) groups is 4. The second-order valence-corrected chi connectivity index (χ2v) is 8.01. The summed E-state index contributed by atoms with van der Waals surface area (Å²) in [7, 11) is 0. The fourth-order valence-electron chi connectivity index (χ4n) is 3.36. The molecule has 0 aliphatic carbocycles. The van der Waals surface area contributed by atoms with E-state index < -0.39 is 30.3 Å². The number of hydrogen-bond donors (Lipinski definition) is 1. The van der Waals surface area contributed by atoms with Gasteiger partial charge in [-0.3, -0.25) is 14.4 Å². The standard InChI is InChI=1S/C24H16Cl2N2O5/c1-13-17(25)6-4-7-19(13)27-21(29)12-33-24(32)14-9-10-15-16(11-14)23(31)28(22(15)30)20-8-3-2-5-18(20)26/h2-11H,12H2,1H3,(H,27,29). The molecule has 9 heteroatoms. The van der Waals surface area contributed by atoms with Crippen LogP contribution in [0.1, 0.15) is 36.6 Å². The van der Waals surface area contributed by atoms with E-state index in [1.54, 1.807) is 49.4 Å². The van der Waals surface area contributed by atoms with Gasteiger partial charge >= 0.3 is 5.97 Å². The Hall–Kier alpha value is -3.68. The molecule has 7 nitrogen and oxygen atoms in total. The first-order chi connectivity index (χ1) is 15.8. The molecule has 4 rings (SSSR count). The number of amides is 3. The molecular weight excluding hydrogens is 467 g/mol. The van der Waals surface area contributed by atoms with Crippen molar-refractivity contribution in [2.45, 2.75) is 6.92 Å². The van der Waals surface area contributed by atoms with Gasteiger partial charge in [-0.15, -0.1) is 0 Å². The van der Waals surface area contributed by atoms with E-state index in [0.29, 0.717) is 16.3 Å². The van der Waals surface area contributed by atoms with Gasteiger partial charge in [-0.05, 0) is 55.0 Å². The number of fused-ring (bicyclic) bond motifs is 1. The minimum atomic E-state index is -0.813. The minimum Gasteiger partial charge on any atom is -0.452 e. The van der Waals surface area contributed by atoms with Crippen molar-refractivity contribution in [3.05, 3.63) is 93.0 Å². The van der Waals surface area contributed by atoms with Crippen LogP contribution in [-0.4, -0.2) is 30.3 Å². The Labute approximate surface area is 198 Å². The van der Waals surface area contributed by atoms with Gasteiger partial charge in [0.25, 0.3) is 17.7 Å². The van der Waals surface area contributed by atoms with E-state index in [9.17, 15) is 19.2 Å². The van der Waals surface area contributed by atoms with Gasteiger partial charge in [0.05, 0.1) is 27.4 Å². The number of nitrogens with one attached hydrogen (secondary N) is 1. The maximum atomic E-state index is 12.9. The number of para-hydroxylation sites is 1. The van der Waals surface area contributed by atoms with E-state index in [0.717, 1.165) is 4.90 Å². The zero-order chi connectivity index (χ0) is 23.7. The third-order valence-electron chi connectivity index (χ3n) is 5.09. The fraction of sp³-hybridized carbons (Fsp3) is 0.0833. The SMILES string of the molecule is Cc1c(Cl)cccc1NC(=O)COC(=O)c1ccc2c(c1)C(=O)N(c1ccccc1Cl)C2=O. The number of imide groups is 1. The third-order valence-corrected chi connectivity index (χ3v) is 5.82. The van der Waals surface area contributed by atoms with Crippen molar-refractivity contribution in [2.24, 2.45) is 0 Å². The summed E-state index contributed by atoms with van der Waals surface area (Å²) in [5.74, 6) is -2.51. The molecule has 1 N–H and O–H groups in total. The summed E-state index contributed by atoms with van der Waals surface area (Å²) < 4.78 is 5.07. The molecule has 1 aliphatic heterocycles. The van der Waals surface area contributed by atoms with Crippen molar-refractivity contribution in [1.82, 2.24) is 0 Å².